The maximum Gasteiger partial charge on any atom is 0.305 e. The Bertz CT molecular complexity index is 570. The Morgan fingerprint density at radius 3 is 2.09 bits per heavy atom. The predicted molar refractivity (Wildman–Crippen MR) is 133 cm³/mol. The monoisotopic (exact) mass is 446 g/mol. The number of allylic oxidation sites excluding steroid dienone is 2. The molecular weight excluding hydrogens is 400 g/mol. The molecule has 1 atom stereocenters. The Morgan fingerprint density at radius 1 is 0.844 bits per heavy atom. The number of rotatable bonds is 21. The highest BCUT2D eigenvalue weighted by Gasteiger charge is 2.09. The second-order valence-electron chi connectivity index (χ2n) is 8.67. The average Bonchev–Trinajstić information content (AvgIpc) is 2.81. The second-order valence-corrected chi connectivity index (χ2v) is 8.67. The molecule has 0 heterocycles. The standard InChI is InChI=1S/C28H46O4/c1-2-3-4-5-6-7-8-9-10-11-12-13-14-15-19-22-28(30)32-25-27(29)24-31-23-26-20-17-16-18-21-26/h9-10,16-18,20-21,27,29H,2-8,11-15,19,22-25H2,1H3/b10-9-/t27-/m1/s1. The number of ether oxygens (including phenoxy) is 2. The first kappa shape index (κ1) is 28.4. The molecule has 4 heteroatoms. The molecule has 0 aliphatic carbocycles. The van der Waals surface area contributed by atoms with E-state index in [9.17, 15) is 9.90 Å². The van der Waals surface area contributed by atoms with Gasteiger partial charge in [-0.25, -0.2) is 0 Å². The van der Waals surface area contributed by atoms with Crippen LogP contribution in [-0.2, 0) is 20.9 Å². The predicted octanol–water partition coefficient (Wildman–Crippen LogP) is 7.14. The third-order valence-corrected chi connectivity index (χ3v) is 5.50. The van der Waals surface area contributed by atoms with Crippen LogP contribution >= 0.6 is 0 Å². The van der Waals surface area contributed by atoms with Crippen molar-refractivity contribution in [2.75, 3.05) is 13.2 Å². The fourth-order valence-electron chi connectivity index (χ4n) is 3.54. The molecule has 4 nitrogen and oxygen atoms in total. The van der Waals surface area contributed by atoms with E-state index in [0.29, 0.717) is 13.0 Å². The summed E-state index contributed by atoms with van der Waals surface area (Å²) in [6, 6.07) is 9.80. The van der Waals surface area contributed by atoms with Gasteiger partial charge in [-0.2, -0.15) is 0 Å². The SMILES string of the molecule is CCCCCCCC/C=C\CCCCCCCC(=O)OC[C@H](O)COCc1ccccc1. The van der Waals surface area contributed by atoms with Crippen LogP contribution in [-0.4, -0.2) is 30.4 Å². The summed E-state index contributed by atoms with van der Waals surface area (Å²) in [5.74, 6) is -0.232. The van der Waals surface area contributed by atoms with Crippen molar-refractivity contribution in [3.05, 3.63) is 48.0 Å². The van der Waals surface area contributed by atoms with Gasteiger partial charge < -0.3 is 14.6 Å². The molecule has 0 unspecified atom stereocenters. The molecule has 0 bridgehead atoms. The minimum absolute atomic E-state index is 0.00129. The average molecular weight is 447 g/mol. The summed E-state index contributed by atoms with van der Waals surface area (Å²) in [5.41, 5.74) is 1.06. The van der Waals surface area contributed by atoms with Gasteiger partial charge in [-0.05, 0) is 37.7 Å². The van der Waals surface area contributed by atoms with Gasteiger partial charge in [0, 0.05) is 6.42 Å². The van der Waals surface area contributed by atoms with Crippen LogP contribution in [0.4, 0.5) is 0 Å². The molecule has 0 aromatic heterocycles. The Balaban J connectivity index is 1.84. The molecule has 1 aromatic carbocycles. The van der Waals surface area contributed by atoms with E-state index >= 15 is 0 Å². The number of aliphatic hydroxyl groups excluding tert-OH is 1. The third-order valence-electron chi connectivity index (χ3n) is 5.50. The third kappa shape index (κ3) is 18.0. The Morgan fingerprint density at radius 2 is 1.44 bits per heavy atom. The van der Waals surface area contributed by atoms with Gasteiger partial charge in [0.1, 0.15) is 12.7 Å². The molecule has 1 N–H and O–H groups in total. The van der Waals surface area contributed by atoms with Crippen LogP contribution in [0.1, 0.15) is 102 Å². The number of hydrogen-bond acceptors (Lipinski definition) is 4. The summed E-state index contributed by atoms with van der Waals surface area (Å²) in [5, 5.41) is 9.87. The maximum atomic E-state index is 11.8. The van der Waals surface area contributed by atoms with Crippen LogP contribution in [0.3, 0.4) is 0 Å². The van der Waals surface area contributed by atoms with Gasteiger partial charge in [-0.15, -0.1) is 0 Å². The minimum atomic E-state index is -0.781. The first-order chi connectivity index (χ1) is 15.7. The number of carbonyl (C=O) groups is 1. The van der Waals surface area contributed by atoms with E-state index in [1.165, 1.54) is 64.2 Å². The van der Waals surface area contributed by atoms with Crippen molar-refractivity contribution in [1.82, 2.24) is 0 Å². The van der Waals surface area contributed by atoms with E-state index < -0.39 is 6.10 Å². The van der Waals surface area contributed by atoms with Crippen LogP contribution in [0.25, 0.3) is 0 Å². The van der Waals surface area contributed by atoms with Crippen molar-refractivity contribution in [1.29, 1.82) is 0 Å². The molecule has 0 aliphatic heterocycles. The molecule has 182 valence electrons. The molecule has 0 aliphatic rings. The molecule has 1 rings (SSSR count). The number of hydrogen-bond donors (Lipinski definition) is 1. The van der Waals surface area contributed by atoms with Gasteiger partial charge in [0.05, 0.1) is 13.2 Å². The molecule has 1 aromatic rings. The summed E-state index contributed by atoms with van der Waals surface area (Å²) in [6.45, 7) is 2.87. The van der Waals surface area contributed by atoms with Gasteiger partial charge >= 0.3 is 5.97 Å². The van der Waals surface area contributed by atoms with Crippen molar-refractivity contribution >= 4 is 5.97 Å². The molecule has 0 spiro atoms. The molecule has 0 radical (unpaired) electrons. The quantitative estimate of drug-likeness (QED) is 0.124. The largest absolute Gasteiger partial charge is 0.463 e. The first-order valence-electron chi connectivity index (χ1n) is 12.8. The number of aliphatic hydroxyl groups is 1. The highest BCUT2D eigenvalue weighted by Crippen LogP contribution is 2.10. The maximum absolute atomic E-state index is 11.8. The van der Waals surface area contributed by atoms with E-state index in [-0.39, 0.29) is 19.2 Å². The van der Waals surface area contributed by atoms with Gasteiger partial charge in [-0.3, -0.25) is 4.79 Å². The molecule has 0 amide bonds. The number of esters is 1. The highest BCUT2D eigenvalue weighted by molar-refractivity contribution is 5.69. The Kier molecular flexibility index (Phi) is 18.8. The highest BCUT2D eigenvalue weighted by atomic mass is 16.5. The van der Waals surface area contributed by atoms with Crippen LogP contribution in [0.2, 0.25) is 0 Å². The van der Waals surface area contributed by atoms with Crippen LogP contribution in [0, 0.1) is 0 Å². The smallest absolute Gasteiger partial charge is 0.305 e. The lowest BCUT2D eigenvalue weighted by Gasteiger charge is -2.12. The number of benzene rings is 1. The van der Waals surface area contributed by atoms with Crippen molar-refractivity contribution in [3.63, 3.8) is 0 Å². The fraction of sp³-hybridized carbons (Fsp3) is 0.679. The van der Waals surface area contributed by atoms with Gasteiger partial charge in [0.15, 0.2) is 0 Å². The minimum Gasteiger partial charge on any atom is -0.463 e. The van der Waals surface area contributed by atoms with E-state index in [4.69, 9.17) is 9.47 Å². The zero-order valence-electron chi connectivity index (χ0n) is 20.3. The van der Waals surface area contributed by atoms with Crippen molar-refractivity contribution in [3.8, 4) is 0 Å². The first-order valence-corrected chi connectivity index (χ1v) is 12.8. The van der Waals surface area contributed by atoms with E-state index in [2.05, 4.69) is 19.1 Å². The van der Waals surface area contributed by atoms with Crippen molar-refractivity contribution in [2.45, 2.75) is 110 Å². The summed E-state index contributed by atoms with van der Waals surface area (Å²) < 4.78 is 10.6. The van der Waals surface area contributed by atoms with Gasteiger partial charge in [-0.1, -0.05) is 101 Å². The van der Waals surface area contributed by atoms with E-state index in [0.717, 1.165) is 24.8 Å². The zero-order valence-corrected chi connectivity index (χ0v) is 20.3. The summed E-state index contributed by atoms with van der Waals surface area (Å²) in [7, 11) is 0. The molecular formula is C28H46O4. The summed E-state index contributed by atoms with van der Waals surface area (Å²) in [6.07, 6.45) is 20.4. The lowest BCUT2D eigenvalue weighted by atomic mass is 10.1. The van der Waals surface area contributed by atoms with Crippen molar-refractivity contribution < 1.29 is 19.4 Å². The molecule has 0 saturated heterocycles. The zero-order chi connectivity index (χ0) is 23.1. The second kappa shape index (κ2) is 21.2. The van der Waals surface area contributed by atoms with E-state index in [1.807, 2.05) is 30.3 Å². The fourth-order valence-corrected chi connectivity index (χ4v) is 3.54. The summed E-state index contributed by atoms with van der Waals surface area (Å²) in [4.78, 5) is 11.8. The van der Waals surface area contributed by atoms with Crippen molar-refractivity contribution in [2.24, 2.45) is 0 Å². The van der Waals surface area contributed by atoms with Crippen LogP contribution in [0.15, 0.2) is 42.5 Å². The molecule has 0 saturated carbocycles. The topological polar surface area (TPSA) is 55.8 Å². The van der Waals surface area contributed by atoms with Gasteiger partial charge in [0.25, 0.3) is 0 Å². The lowest BCUT2D eigenvalue weighted by Crippen LogP contribution is -2.23. The normalized spacial score (nSPS) is 12.3. The summed E-state index contributed by atoms with van der Waals surface area (Å²) >= 11 is 0. The van der Waals surface area contributed by atoms with E-state index in [1.54, 1.807) is 0 Å². The van der Waals surface area contributed by atoms with Crippen LogP contribution in [0.5, 0.6) is 0 Å². The van der Waals surface area contributed by atoms with Gasteiger partial charge in [0.2, 0.25) is 0 Å². The molecule has 0 fully saturated rings. The molecule has 32 heavy (non-hydrogen) atoms. The van der Waals surface area contributed by atoms with Crippen LogP contribution < -0.4 is 0 Å². The number of unbranched alkanes of at least 4 members (excludes halogenated alkanes) is 11. The lowest BCUT2D eigenvalue weighted by molar-refractivity contribution is -0.148. The number of carbonyl (C=O) groups excluding carboxylic acids is 1. The Hall–Kier alpha value is -1.65. The Labute approximate surface area is 196 Å².